The van der Waals surface area contributed by atoms with Crippen molar-refractivity contribution in [2.45, 2.75) is 33.1 Å². The van der Waals surface area contributed by atoms with Crippen molar-refractivity contribution in [3.8, 4) is 0 Å². The number of nitrogens with one attached hydrogen (secondary N) is 2. The van der Waals surface area contributed by atoms with E-state index in [0.717, 1.165) is 22.2 Å². The maximum absolute atomic E-state index is 12.8. The van der Waals surface area contributed by atoms with E-state index >= 15 is 0 Å². The minimum Gasteiger partial charge on any atom is -0.326 e. The minimum atomic E-state index is -0.421. The monoisotopic (exact) mass is 403 g/mol. The third kappa shape index (κ3) is 3.85. The van der Waals surface area contributed by atoms with Gasteiger partial charge in [0.1, 0.15) is 0 Å². The second-order valence-corrected chi connectivity index (χ2v) is 8.23. The molecule has 1 atom stereocenters. The van der Waals surface area contributed by atoms with Gasteiger partial charge in [0.2, 0.25) is 17.4 Å². The average Bonchev–Trinajstić information content (AvgIpc) is 3.09. The molecule has 1 aromatic heterocycles. The lowest BCUT2D eigenvalue weighted by atomic mass is 9.98. The van der Waals surface area contributed by atoms with Crippen LogP contribution in [0.4, 0.5) is 11.4 Å². The molecular weight excluding hydrogens is 378 g/mol. The van der Waals surface area contributed by atoms with Gasteiger partial charge in [-0.2, -0.15) is 0 Å². The van der Waals surface area contributed by atoms with Gasteiger partial charge in [-0.15, -0.1) is 0 Å². The fourth-order valence-electron chi connectivity index (χ4n) is 3.94. The Kier molecular flexibility index (Phi) is 5.16. The van der Waals surface area contributed by atoms with Gasteiger partial charge in [0.25, 0.3) is 0 Å². The van der Waals surface area contributed by atoms with Crippen LogP contribution in [0.1, 0.15) is 37.3 Å². The van der Waals surface area contributed by atoms with Gasteiger partial charge in [0.15, 0.2) is 0 Å². The van der Waals surface area contributed by atoms with E-state index in [1.54, 1.807) is 17.0 Å². The number of rotatable bonds is 4. The summed E-state index contributed by atoms with van der Waals surface area (Å²) in [7, 11) is 0. The van der Waals surface area contributed by atoms with Crippen molar-refractivity contribution in [1.82, 2.24) is 4.98 Å². The predicted molar refractivity (Wildman–Crippen MR) is 119 cm³/mol. The van der Waals surface area contributed by atoms with Gasteiger partial charge in [-0.3, -0.25) is 14.4 Å². The normalized spacial score (nSPS) is 16.5. The Labute approximate surface area is 174 Å². The lowest BCUT2D eigenvalue weighted by molar-refractivity contribution is -0.122. The van der Waals surface area contributed by atoms with E-state index in [1.807, 2.05) is 57.2 Å². The van der Waals surface area contributed by atoms with Crippen molar-refractivity contribution >= 4 is 34.1 Å². The van der Waals surface area contributed by atoms with Gasteiger partial charge in [-0.25, -0.2) is 0 Å². The largest absolute Gasteiger partial charge is 0.326 e. The molecule has 1 saturated heterocycles. The quantitative estimate of drug-likeness (QED) is 0.692. The number of amides is 2. The molecule has 154 valence electrons. The molecule has 6 nitrogen and oxygen atoms in total. The van der Waals surface area contributed by atoms with Crippen molar-refractivity contribution in [1.29, 1.82) is 0 Å². The van der Waals surface area contributed by atoms with Crippen molar-refractivity contribution in [3.63, 3.8) is 0 Å². The Bertz CT molecular complexity index is 1180. The molecule has 2 aromatic carbocycles. The zero-order valence-electron chi connectivity index (χ0n) is 17.4. The van der Waals surface area contributed by atoms with E-state index in [9.17, 15) is 14.4 Å². The number of aryl methyl sites for hydroxylation is 1. The molecule has 1 fully saturated rings. The van der Waals surface area contributed by atoms with Gasteiger partial charge in [0.05, 0.1) is 11.4 Å². The number of aromatic amines is 1. The Balaban J connectivity index is 1.52. The number of hydrogen-bond acceptors (Lipinski definition) is 3. The number of anilines is 2. The van der Waals surface area contributed by atoms with Crippen LogP contribution in [-0.4, -0.2) is 23.3 Å². The van der Waals surface area contributed by atoms with Crippen molar-refractivity contribution < 1.29 is 9.59 Å². The standard InChI is InChI=1S/C24H25N3O3/c1-14(2)20-12-22(28)26-21-11-17(6-9-19(20)21)25-24(30)16-10-23(29)27(13-16)18-7-4-15(3)5-8-18/h4-9,11-12,14,16H,10,13H2,1-3H3,(H,25,30)(H,26,28). The summed E-state index contributed by atoms with van der Waals surface area (Å²) in [6.07, 6.45) is 0.182. The fourth-order valence-corrected chi connectivity index (χ4v) is 3.94. The van der Waals surface area contributed by atoms with Crippen LogP contribution in [0.5, 0.6) is 0 Å². The highest BCUT2D eigenvalue weighted by atomic mass is 16.2. The maximum atomic E-state index is 12.8. The van der Waals surface area contributed by atoms with Gasteiger partial charge in [-0.05, 0) is 42.7 Å². The molecule has 3 aromatic rings. The lowest BCUT2D eigenvalue weighted by Crippen LogP contribution is -2.28. The van der Waals surface area contributed by atoms with Gasteiger partial charge < -0.3 is 15.2 Å². The van der Waals surface area contributed by atoms with Crippen molar-refractivity contribution in [2.75, 3.05) is 16.8 Å². The number of nitrogens with zero attached hydrogens (tertiary/aromatic N) is 1. The van der Waals surface area contributed by atoms with Crippen LogP contribution in [0.25, 0.3) is 10.9 Å². The summed E-state index contributed by atoms with van der Waals surface area (Å²) in [6.45, 7) is 6.43. The Morgan fingerprint density at radius 1 is 1.10 bits per heavy atom. The summed E-state index contributed by atoms with van der Waals surface area (Å²) in [5, 5.41) is 3.87. The summed E-state index contributed by atoms with van der Waals surface area (Å²) in [5.74, 6) is -0.453. The molecule has 0 spiro atoms. The van der Waals surface area contributed by atoms with E-state index in [1.165, 1.54) is 0 Å². The average molecular weight is 403 g/mol. The summed E-state index contributed by atoms with van der Waals surface area (Å²) in [6, 6.07) is 14.9. The van der Waals surface area contributed by atoms with E-state index in [0.29, 0.717) is 17.7 Å². The van der Waals surface area contributed by atoms with E-state index < -0.39 is 5.92 Å². The number of carbonyl (C=O) groups is 2. The lowest BCUT2D eigenvalue weighted by Gasteiger charge is -2.17. The van der Waals surface area contributed by atoms with Crippen LogP contribution in [-0.2, 0) is 9.59 Å². The van der Waals surface area contributed by atoms with Crippen LogP contribution in [0.3, 0.4) is 0 Å². The van der Waals surface area contributed by atoms with Crippen LogP contribution in [0, 0.1) is 12.8 Å². The molecule has 1 aliphatic rings. The van der Waals surface area contributed by atoms with Crippen molar-refractivity contribution in [3.05, 3.63) is 70.0 Å². The van der Waals surface area contributed by atoms with Gasteiger partial charge in [0, 0.05) is 35.8 Å². The first kappa shape index (κ1) is 19.9. The molecular formula is C24H25N3O3. The Morgan fingerprint density at radius 2 is 1.83 bits per heavy atom. The Hall–Kier alpha value is -3.41. The fraction of sp³-hybridized carbons (Fsp3) is 0.292. The first-order chi connectivity index (χ1) is 14.3. The number of fused-ring (bicyclic) bond motifs is 1. The summed E-state index contributed by atoms with van der Waals surface area (Å²) >= 11 is 0. The molecule has 4 rings (SSSR count). The minimum absolute atomic E-state index is 0.0524. The molecule has 2 heterocycles. The predicted octanol–water partition coefficient (Wildman–Crippen LogP) is 3.95. The number of carbonyl (C=O) groups excluding carboxylic acids is 2. The molecule has 2 amide bonds. The molecule has 1 aliphatic heterocycles. The highest BCUT2D eigenvalue weighted by Gasteiger charge is 2.35. The number of aromatic nitrogens is 1. The molecule has 1 unspecified atom stereocenters. The van der Waals surface area contributed by atoms with Crippen LogP contribution < -0.4 is 15.8 Å². The molecule has 0 aliphatic carbocycles. The number of pyridine rings is 1. The topological polar surface area (TPSA) is 82.3 Å². The third-order valence-corrected chi connectivity index (χ3v) is 5.61. The van der Waals surface area contributed by atoms with Crippen LogP contribution in [0.2, 0.25) is 0 Å². The second-order valence-electron chi connectivity index (χ2n) is 8.23. The molecule has 30 heavy (non-hydrogen) atoms. The summed E-state index contributed by atoms with van der Waals surface area (Å²) in [5.41, 5.74) is 4.03. The first-order valence-corrected chi connectivity index (χ1v) is 10.2. The molecule has 0 radical (unpaired) electrons. The zero-order valence-corrected chi connectivity index (χ0v) is 17.4. The number of H-pyrrole nitrogens is 1. The van der Waals surface area contributed by atoms with Crippen molar-refractivity contribution in [2.24, 2.45) is 5.92 Å². The van der Waals surface area contributed by atoms with E-state index in [-0.39, 0.29) is 29.7 Å². The maximum Gasteiger partial charge on any atom is 0.248 e. The molecule has 2 N–H and O–H groups in total. The highest BCUT2D eigenvalue weighted by molar-refractivity contribution is 6.04. The van der Waals surface area contributed by atoms with E-state index in [2.05, 4.69) is 10.3 Å². The molecule has 6 heteroatoms. The van der Waals surface area contributed by atoms with E-state index in [4.69, 9.17) is 0 Å². The first-order valence-electron chi connectivity index (χ1n) is 10.2. The highest BCUT2D eigenvalue weighted by Crippen LogP contribution is 2.28. The zero-order chi connectivity index (χ0) is 21.4. The second kappa shape index (κ2) is 7.78. The SMILES string of the molecule is Cc1ccc(N2CC(C(=O)Nc3ccc4c(C(C)C)cc(=O)[nH]c4c3)CC2=O)cc1. The smallest absolute Gasteiger partial charge is 0.248 e. The third-order valence-electron chi connectivity index (χ3n) is 5.61. The molecule has 0 bridgehead atoms. The van der Waals surface area contributed by atoms with Gasteiger partial charge >= 0.3 is 0 Å². The number of hydrogen-bond donors (Lipinski definition) is 2. The molecule has 0 saturated carbocycles. The Morgan fingerprint density at radius 3 is 2.53 bits per heavy atom. The van der Waals surface area contributed by atoms with Gasteiger partial charge in [-0.1, -0.05) is 37.6 Å². The van der Waals surface area contributed by atoms with Crippen LogP contribution >= 0.6 is 0 Å². The van der Waals surface area contributed by atoms with Crippen LogP contribution in [0.15, 0.2) is 53.3 Å². The summed E-state index contributed by atoms with van der Waals surface area (Å²) < 4.78 is 0. The number of benzene rings is 2. The summed E-state index contributed by atoms with van der Waals surface area (Å²) in [4.78, 5) is 41.7.